The Balaban J connectivity index is 3.08. The molecule has 0 amide bonds. The molecule has 0 aromatic rings. The van der Waals surface area contributed by atoms with E-state index in [0.29, 0.717) is 0 Å². The minimum Gasteiger partial charge on any atom is -0.0882 e. The zero-order valence-electron chi connectivity index (χ0n) is 11.5. The molecule has 0 aromatic heterocycles. The van der Waals surface area contributed by atoms with Crippen LogP contribution in [0.2, 0.25) is 0 Å². The van der Waals surface area contributed by atoms with Crippen molar-refractivity contribution in [1.82, 2.24) is 0 Å². The molecule has 0 bridgehead atoms. The number of rotatable bonds is 12. The van der Waals surface area contributed by atoms with Gasteiger partial charge in [-0.25, -0.2) is 0 Å². The van der Waals surface area contributed by atoms with E-state index in [4.69, 9.17) is 0 Å². The van der Waals surface area contributed by atoms with Crippen LogP contribution in [0.15, 0.2) is 24.3 Å². The van der Waals surface area contributed by atoms with Crippen molar-refractivity contribution in [1.29, 1.82) is 0 Å². The standard InChI is InChI=1S/C17H30/c1-3-5-7-9-11-13-15-17-16-14-12-10-8-6-4-2/h7,9,13,15H,1-6,8,10-12,14,16-17H2. The molecule has 0 nitrogen and oxygen atoms in total. The topological polar surface area (TPSA) is 0 Å². The normalized spacial score (nSPS) is 11.9. The van der Waals surface area contributed by atoms with Gasteiger partial charge >= 0.3 is 0 Å². The van der Waals surface area contributed by atoms with Crippen LogP contribution >= 0.6 is 0 Å². The average Bonchev–Trinajstić information content (AvgIpc) is 2.35. The van der Waals surface area contributed by atoms with Crippen LogP contribution in [-0.4, -0.2) is 0 Å². The van der Waals surface area contributed by atoms with E-state index in [0.717, 1.165) is 25.7 Å². The van der Waals surface area contributed by atoms with Crippen molar-refractivity contribution in [2.45, 2.75) is 70.6 Å². The molecular weight excluding hydrogens is 204 g/mol. The van der Waals surface area contributed by atoms with E-state index < -0.39 is 0 Å². The number of allylic oxidation sites excluding steroid dienone is 4. The molecule has 17 heavy (non-hydrogen) atoms. The highest BCUT2D eigenvalue weighted by Gasteiger charge is 1.88. The highest BCUT2D eigenvalue weighted by molar-refractivity contribution is 4.92. The molecule has 0 aromatic carbocycles. The summed E-state index contributed by atoms with van der Waals surface area (Å²) in [6.45, 7) is 7.67. The molecule has 0 fully saturated rings. The third kappa shape index (κ3) is 15.5. The molecule has 0 N–H and O–H groups in total. The van der Waals surface area contributed by atoms with Gasteiger partial charge in [0.1, 0.15) is 0 Å². The van der Waals surface area contributed by atoms with Gasteiger partial charge in [0.05, 0.1) is 0 Å². The van der Waals surface area contributed by atoms with Crippen LogP contribution < -0.4 is 0 Å². The van der Waals surface area contributed by atoms with Crippen molar-refractivity contribution >= 4 is 0 Å². The Morgan fingerprint density at radius 2 is 1.12 bits per heavy atom. The summed E-state index contributed by atoms with van der Waals surface area (Å²) in [4.78, 5) is 0. The van der Waals surface area contributed by atoms with Crippen molar-refractivity contribution in [2.75, 3.05) is 0 Å². The molecular formula is C17H30. The van der Waals surface area contributed by atoms with Gasteiger partial charge in [-0.2, -0.15) is 0 Å². The second-order valence-corrected chi connectivity index (χ2v) is 4.58. The predicted molar refractivity (Wildman–Crippen MR) is 79.8 cm³/mol. The van der Waals surface area contributed by atoms with Crippen molar-refractivity contribution in [2.24, 2.45) is 0 Å². The monoisotopic (exact) mass is 234 g/mol. The second kappa shape index (κ2) is 15.5. The molecule has 0 atom stereocenters. The summed E-state index contributed by atoms with van der Waals surface area (Å²) >= 11 is 0. The van der Waals surface area contributed by atoms with Gasteiger partial charge in [-0.15, -0.1) is 0 Å². The fourth-order valence-corrected chi connectivity index (χ4v) is 1.77. The Bertz CT molecular complexity index is 176. The number of unbranched alkanes of at least 4 members (excludes halogenated alkanes) is 8. The molecule has 98 valence electrons. The van der Waals surface area contributed by atoms with Gasteiger partial charge in [-0.05, 0) is 32.1 Å². The molecule has 0 saturated heterocycles. The summed E-state index contributed by atoms with van der Waals surface area (Å²) in [5.74, 6) is 0. The Kier molecular flexibility index (Phi) is 15.0. The summed E-state index contributed by atoms with van der Waals surface area (Å²) in [5, 5.41) is 0. The lowest BCUT2D eigenvalue weighted by Crippen LogP contribution is -1.78. The van der Waals surface area contributed by atoms with E-state index in [1.165, 1.54) is 44.9 Å². The van der Waals surface area contributed by atoms with Crippen molar-refractivity contribution in [3.05, 3.63) is 38.2 Å². The minimum atomic E-state index is 1.01. The van der Waals surface area contributed by atoms with Gasteiger partial charge < -0.3 is 0 Å². The summed E-state index contributed by atoms with van der Waals surface area (Å²) < 4.78 is 0. The van der Waals surface area contributed by atoms with E-state index in [1.54, 1.807) is 0 Å². The van der Waals surface area contributed by atoms with E-state index in [1.807, 2.05) is 0 Å². The maximum atomic E-state index is 3.86. The SMILES string of the molecule is [CH2]CCC=CCC=CCCCCCCCC[CH2]. The van der Waals surface area contributed by atoms with Gasteiger partial charge in [0, 0.05) is 0 Å². The third-order valence-corrected chi connectivity index (χ3v) is 2.85. The van der Waals surface area contributed by atoms with Crippen LogP contribution in [0.25, 0.3) is 0 Å². The Labute approximate surface area is 109 Å². The molecule has 0 unspecified atom stereocenters. The van der Waals surface area contributed by atoms with Crippen molar-refractivity contribution < 1.29 is 0 Å². The fourth-order valence-electron chi connectivity index (χ4n) is 1.77. The van der Waals surface area contributed by atoms with Gasteiger partial charge in [-0.1, -0.05) is 76.7 Å². The lowest BCUT2D eigenvalue weighted by Gasteiger charge is -1.98. The first kappa shape index (κ1) is 16.5. The summed E-state index contributed by atoms with van der Waals surface area (Å²) in [6, 6.07) is 0. The van der Waals surface area contributed by atoms with E-state index in [2.05, 4.69) is 38.2 Å². The van der Waals surface area contributed by atoms with Gasteiger partial charge in [0.25, 0.3) is 0 Å². The fraction of sp³-hybridized carbons (Fsp3) is 0.647. The molecule has 0 heteroatoms. The Morgan fingerprint density at radius 3 is 1.76 bits per heavy atom. The summed E-state index contributed by atoms with van der Waals surface area (Å²) in [6.07, 6.45) is 22.8. The molecule has 0 aliphatic heterocycles. The van der Waals surface area contributed by atoms with Gasteiger partial charge in [0.15, 0.2) is 0 Å². The zero-order valence-corrected chi connectivity index (χ0v) is 11.5. The van der Waals surface area contributed by atoms with E-state index in [9.17, 15) is 0 Å². The van der Waals surface area contributed by atoms with Crippen molar-refractivity contribution in [3.63, 3.8) is 0 Å². The quantitative estimate of drug-likeness (QED) is 0.284. The molecule has 0 rings (SSSR count). The molecule has 0 aliphatic carbocycles. The van der Waals surface area contributed by atoms with Crippen LogP contribution in [0.4, 0.5) is 0 Å². The van der Waals surface area contributed by atoms with Gasteiger partial charge in [-0.3, -0.25) is 0 Å². The molecule has 0 aliphatic rings. The highest BCUT2D eigenvalue weighted by Crippen LogP contribution is 2.08. The van der Waals surface area contributed by atoms with Crippen molar-refractivity contribution in [3.8, 4) is 0 Å². The summed E-state index contributed by atoms with van der Waals surface area (Å²) in [5.41, 5.74) is 0. The second-order valence-electron chi connectivity index (χ2n) is 4.58. The largest absolute Gasteiger partial charge is 0.0882 e. The maximum Gasteiger partial charge on any atom is -0.0169 e. The van der Waals surface area contributed by atoms with Crippen LogP contribution in [0, 0.1) is 13.8 Å². The molecule has 0 spiro atoms. The zero-order chi connectivity index (χ0) is 12.6. The predicted octanol–water partition coefficient (Wildman–Crippen LogP) is 6.06. The molecule has 0 saturated carbocycles. The minimum absolute atomic E-state index is 1.01. The van der Waals surface area contributed by atoms with E-state index in [-0.39, 0.29) is 0 Å². The number of hydrogen-bond donors (Lipinski definition) is 0. The van der Waals surface area contributed by atoms with Crippen LogP contribution in [-0.2, 0) is 0 Å². The Morgan fingerprint density at radius 1 is 0.529 bits per heavy atom. The first-order valence-electron chi connectivity index (χ1n) is 7.30. The first-order valence-corrected chi connectivity index (χ1v) is 7.30. The Hall–Kier alpha value is -0.520. The van der Waals surface area contributed by atoms with E-state index >= 15 is 0 Å². The third-order valence-electron chi connectivity index (χ3n) is 2.85. The maximum absolute atomic E-state index is 3.86. The lowest BCUT2D eigenvalue weighted by atomic mass is 10.1. The summed E-state index contributed by atoms with van der Waals surface area (Å²) in [7, 11) is 0. The number of hydrogen-bond acceptors (Lipinski definition) is 0. The van der Waals surface area contributed by atoms with Crippen LogP contribution in [0.5, 0.6) is 0 Å². The average molecular weight is 234 g/mol. The molecule has 2 radical (unpaired) electrons. The lowest BCUT2D eigenvalue weighted by molar-refractivity contribution is 0.599. The van der Waals surface area contributed by atoms with Crippen LogP contribution in [0.1, 0.15) is 70.6 Å². The first-order chi connectivity index (χ1) is 8.41. The van der Waals surface area contributed by atoms with Crippen LogP contribution in [0.3, 0.4) is 0 Å². The smallest absolute Gasteiger partial charge is 0.0169 e. The highest BCUT2D eigenvalue weighted by atomic mass is 13.9. The van der Waals surface area contributed by atoms with Gasteiger partial charge in [0.2, 0.25) is 0 Å². The molecule has 0 heterocycles.